The molecular formula is C21H31IN4O3S. The van der Waals surface area contributed by atoms with Crippen molar-refractivity contribution in [2.45, 2.75) is 12.6 Å². The zero-order valence-corrected chi connectivity index (χ0v) is 20.9. The zero-order chi connectivity index (χ0) is 20.5. The molecule has 2 aromatic rings. The summed E-state index contributed by atoms with van der Waals surface area (Å²) in [7, 11) is 5.12. The number of morpholine rings is 1. The molecule has 1 aliphatic rings. The minimum Gasteiger partial charge on any atom is -0.493 e. The van der Waals surface area contributed by atoms with Gasteiger partial charge in [0.2, 0.25) is 0 Å². The Hall–Kier alpha value is -1.56. The summed E-state index contributed by atoms with van der Waals surface area (Å²) in [6.07, 6.45) is 0. The summed E-state index contributed by atoms with van der Waals surface area (Å²) < 4.78 is 16.5. The normalized spacial score (nSPS) is 15.8. The van der Waals surface area contributed by atoms with E-state index in [1.807, 2.05) is 6.07 Å². The van der Waals surface area contributed by atoms with E-state index in [2.05, 4.69) is 50.2 Å². The van der Waals surface area contributed by atoms with Gasteiger partial charge in [-0.05, 0) is 29.1 Å². The van der Waals surface area contributed by atoms with Crippen molar-refractivity contribution < 1.29 is 14.2 Å². The molecule has 1 aromatic heterocycles. The van der Waals surface area contributed by atoms with Crippen LogP contribution in [0.4, 0.5) is 0 Å². The zero-order valence-electron chi connectivity index (χ0n) is 17.7. The molecule has 1 aromatic carbocycles. The smallest absolute Gasteiger partial charge is 0.191 e. The van der Waals surface area contributed by atoms with Crippen LogP contribution >= 0.6 is 35.3 Å². The molecule has 0 spiro atoms. The molecule has 0 saturated carbocycles. The fourth-order valence-electron chi connectivity index (χ4n) is 3.40. The quantitative estimate of drug-likeness (QED) is 0.302. The first-order valence-electron chi connectivity index (χ1n) is 9.75. The van der Waals surface area contributed by atoms with Crippen LogP contribution in [0.25, 0.3) is 0 Å². The van der Waals surface area contributed by atoms with E-state index in [4.69, 9.17) is 14.2 Å². The number of ether oxygens (including phenoxy) is 3. The van der Waals surface area contributed by atoms with E-state index >= 15 is 0 Å². The second kappa shape index (κ2) is 13.0. The summed E-state index contributed by atoms with van der Waals surface area (Å²) in [5, 5.41) is 8.95. The van der Waals surface area contributed by atoms with E-state index in [9.17, 15) is 0 Å². The molecule has 1 unspecified atom stereocenters. The van der Waals surface area contributed by atoms with Crippen LogP contribution in [-0.4, -0.2) is 65.0 Å². The lowest BCUT2D eigenvalue weighted by atomic mass is 10.0. The molecule has 1 fully saturated rings. The molecule has 0 bridgehead atoms. The number of hydrogen-bond donors (Lipinski definition) is 2. The maximum atomic E-state index is 5.55. The van der Waals surface area contributed by atoms with Crippen LogP contribution in [0.15, 0.2) is 40.7 Å². The van der Waals surface area contributed by atoms with Gasteiger partial charge < -0.3 is 24.8 Å². The lowest BCUT2D eigenvalue weighted by molar-refractivity contribution is 0.0169. The van der Waals surface area contributed by atoms with Gasteiger partial charge >= 0.3 is 0 Å². The van der Waals surface area contributed by atoms with Crippen molar-refractivity contribution in [3.63, 3.8) is 0 Å². The van der Waals surface area contributed by atoms with Gasteiger partial charge in [0.05, 0.1) is 40.0 Å². The van der Waals surface area contributed by atoms with E-state index in [1.54, 1.807) is 32.6 Å². The van der Waals surface area contributed by atoms with E-state index in [0.717, 1.165) is 56.9 Å². The minimum absolute atomic E-state index is 0. The SMILES string of the molecule is CN=C(NCc1cccs1)NCC(c1ccc(OC)c(OC)c1)N1CCOCC1.I. The van der Waals surface area contributed by atoms with Gasteiger partial charge in [-0.3, -0.25) is 9.89 Å². The number of hydrogen-bond acceptors (Lipinski definition) is 6. The number of benzene rings is 1. The summed E-state index contributed by atoms with van der Waals surface area (Å²) in [6.45, 7) is 4.75. The highest BCUT2D eigenvalue weighted by Gasteiger charge is 2.24. The maximum Gasteiger partial charge on any atom is 0.191 e. The fourth-order valence-corrected chi connectivity index (χ4v) is 4.05. The highest BCUT2D eigenvalue weighted by Crippen LogP contribution is 2.32. The van der Waals surface area contributed by atoms with Crippen molar-refractivity contribution in [1.29, 1.82) is 0 Å². The first kappa shape index (κ1) is 24.7. The van der Waals surface area contributed by atoms with Gasteiger partial charge in [0, 0.05) is 31.6 Å². The van der Waals surface area contributed by atoms with Crippen LogP contribution in [-0.2, 0) is 11.3 Å². The van der Waals surface area contributed by atoms with Crippen molar-refractivity contribution >= 4 is 41.3 Å². The standard InChI is InChI=1S/C21H30N4O3S.HI/c1-22-21(23-14-17-5-4-12-29-17)24-15-18(25-8-10-28-11-9-25)16-6-7-19(26-2)20(13-16)27-3;/h4-7,12-13,18H,8-11,14-15H2,1-3H3,(H2,22,23,24);1H. The molecule has 0 aliphatic carbocycles. The lowest BCUT2D eigenvalue weighted by Gasteiger charge is -2.35. The number of thiophene rings is 1. The lowest BCUT2D eigenvalue weighted by Crippen LogP contribution is -2.46. The summed E-state index contributed by atoms with van der Waals surface area (Å²) in [5.41, 5.74) is 1.17. The van der Waals surface area contributed by atoms with Crippen molar-refractivity contribution in [3.05, 3.63) is 46.2 Å². The molecule has 0 radical (unpaired) electrons. The van der Waals surface area contributed by atoms with Crippen molar-refractivity contribution in [3.8, 4) is 11.5 Å². The first-order valence-corrected chi connectivity index (χ1v) is 10.6. The van der Waals surface area contributed by atoms with Crippen molar-refractivity contribution in [2.75, 3.05) is 54.1 Å². The second-order valence-corrected chi connectivity index (χ2v) is 7.70. The third-order valence-corrected chi connectivity index (χ3v) is 5.85. The summed E-state index contributed by atoms with van der Waals surface area (Å²) >= 11 is 1.73. The average Bonchev–Trinajstić information content (AvgIpc) is 3.30. The molecule has 166 valence electrons. The summed E-state index contributed by atoms with van der Waals surface area (Å²) in [6, 6.07) is 10.5. The maximum absolute atomic E-state index is 5.55. The van der Waals surface area contributed by atoms with Gasteiger partial charge in [0.25, 0.3) is 0 Å². The van der Waals surface area contributed by atoms with E-state index < -0.39 is 0 Å². The molecular weight excluding hydrogens is 515 g/mol. The van der Waals surface area contributed by atoms with Gasteiger partial charge in [-0.1, -0.05) is 12.1 Å². The predicted octanol–water partition coefficient (Wildman–Crippen LogP) is 3.12. The summed E-state index contributed by atoms with van der Waals surface area (Å²) in [4.78, 5) is 8.08. The van der Waals surface area contributed by atoms with Crippen LogP contribution in [0.2, 0.25) is 0 Å². The molecule has 1 aliphatic heterocycles. The number of aliphatic imine (C=N–C) groups is 1. The van der Waals surface area contributed by atoms with Crippen LogP contribution in [0, 0.1) is 0 Å². The third-order valence-electron chi connectivity index (χ3n) is 4.98. The van der Waals surface area contributed by atoms with Crippen LogP contribution in [0.1, 0.15) is 16.5 Å². The monoisotopic (exact) mass is 546 g/mol. The molecule has 30 heavy (non-hydrogen) atoms. The van der Waals surface area contributed by atoms with Gasteiger partial charge in [-0.2, -0.15) is 0 Å². The Morgan fingerprint density at radius 1 is 1.17 bits per heavy atom. The third kappa shape index (κ3) is 6.73. The summed E-state index contributed by atoms with van der Waals surface area (Å²) in [5.74, 6) is 2.26. The van der Waals surface area contributed by atoms with Gasteiger partial charge in [-0.15, -0.1) is 35.3 Å². The topological polar surface area (TPSA) is 67.4 Å². The molecule has 0 amide bonds. The highest BCUT2D eigenvalue weighted by molar-refractivity contribution is 14.0. The van der Waals surface area contributed by atoms with E-state index in [0.29, 0.717) is 0 Å². The Kier molecular flexibility index (Phi) is 10.7. The molecule has 1 atom stereocenters. The van der Waals surface area contributed by atoms with Crippen molar-refractivity contribution in [2.24, 2.45) is 4.99 Å². The number of halogens is 1. The Bertz CT molecular complexity index is 783. The van der Waals surface area contributed by atoms with Crippen LogP contribution < -0.4 is 20.1 Å². The number of guanidine groups is 1. The molecule has 1 saturated heterocycles. The Morgan fingerprint density at radius 2 is 1.93 bits per heavy atom. The van der Waals surface area contributed by atoms with Crippen LogP contribution in [0.5, 0.6) is 11.5 Å². The molecule has 2 N–H and O–H groups in total. The second-order valence-electron chi connectivity index (χ2n) is 6.66. The van der Waals surface area contributed by atoms with Gasteiger partial charge in [0.15, 0.2) is 17.5 Å². The number of rotatable bonds is 8. The Labute approximate surface area is 199 Å². The molecule has 9 heteroatoms. The van der Waals surface area contributed by atoms with E-state index in [-0.39, 0.29) is 30.0 Å². The van der Waals surface area contributed by atoms with Crippen molar-refractivity contribution in [1.82, 2.24) is 15.5 Å². The van der Waals surface area contributed by atoms with Gasteiger partial charge in [-0.25, -0.2) is 0 Å². The molecule has 7 nitrogen and oxygen atoms in total. The molecule has 2 heterocycles. The highest BCUT2D eigenvalue weighted by atomic mass is 127. The minimum atomic E-state index is 0. The van der Waals surface area contributed by atoms with Crippen LogP contribution in [0.3, 0.4) is 0 Å². The number of methoxy groups -OCH3 is 2. The number of nitrogens with one attached hydrogen (secondary N) is 2. The predicted molar refractivity (Wildman–Crippen MR) is 133 cm³/mol. The average molecular weight is 546 g/mol. The first-order chi connectivity index (χ1) is 14.2. The Balaban J connectivity index is 0.00000320. The largest absolute Gasteiger partial charge is 0.493 e. The van der Waals surface area contributed by atoms with E-state index in [1.165, 1.54) is 10.4 Å². The molecule has 3 rings (SSSR count). The number of nitrogens with zero attached hydrogens (tertiary/aromatic N) is 2. The fraction of sp³-hybridized carbons (Fsp3) is 0.476. The Morgan fingerprint density at radius 3 is 2.57 bits per heavy atom. The van der Waals surface area contributed by atoms with Gasteiger partial charge in [0.1, 0.15) is 0 Å².